The molecule has 1 aromatic heterocycles. The van der Waals surface area contributed by atoms with Gasteiger partial charge >= 0.3 is 0 Å². The first-order valence-electron chi connectivity index (χ1n) is 13.3. The molecule has 3 atom stereocenters. The molecule has 0 radical (unpaired) electrons. The van der Waals surface area contributed by atoms with Crippen molar-refractivity contribution in [2.75, 3.05) is 46.4 Å². The molecule has 1 aromatic carbocycles. The van der Waals surface area contributed by atoms with Crippen LogP contribution < -0.4 is 15.8 Å². The van der Waals surface area contributed by atoms with Crippen molar-refractivity contribution in [1.82, 2.24) is 29.8 Å². The standard InChI is InChI=1S/C26H32ClFN8O3/c1-33-9-7-30-22(37)14-39-20-6-5-15(28)10-17(20)26(38)35-8-3-2-4-19(35)18-11-21-31-24(34-12-16(29)13-34)23(27)25(33)36(21)32-18/h5-6,10-11,16,19,23,25H,2-4,7-9,12-14,29H2,1H3,(H,30,37)/t19-,23?,25?/m0/s1. The molecule has 0 aliphatic carbocycles. The van der Waals surface area contributed by atoms with Gasteiger partial charge in [0.1, 0.15) is 28.9 Å². The van der Waals surface area contributed by atoms with E-state index in [2.05, 4.69) is 10.2 Å². The maximum atomic E-state index is 14.3. The Morgan fingerprint density at radius 1 is 1.18 bits per heavy atom. The number of amides is 2. The number of aromatic nitrogens is 2. The molecule has 2 fully saturated rings. The topological polar surface area (TPSA) is 121 Å². The van der Waals surface area contributed by atoms with E-state index in [0.717, 1.165) is 18.7 Å². The molecular formula is C26H32ClFN8O3. The molecule has 0 saturated carbocycles. The quantitative estimate of drug-likeness (QED) is 0.471. The van der Waals surface area contributed by atoms with E-state index in [1.165, 1.54) is 18.2 Å². The zero-order valence-electron chi connectivity index (χ0n) is 21.7. The molecule has 6 rings (SSSR count). The normalized spacial score (nSPS) is 26.7. The fraction of sp³-hybridized carbons (Fsp3) is 0.538. The number of hydrogen-bond acceptors (Lipinski definition) is 8. The van der Waals surface area contributed by atoms with Crippen LogP contribution in [0.15, 0.2) is 29.3 Å². The minimum absolute atomic E-state index is 0.0802. The van der Waals surface area contributed by atoms with Crippen LogP contribution in [0.25, 0.3) is 0 Å². The van der Waals surface area contributed by atoms with E-state index in [4.69, 9.17) is 32.2 Å². The molecule has 208 valence electrons. The highest BCUT2D eigenvalue weighted by atomic mass is 35.5. The maximum absolute atomic E-state index is 14.3. The van der Waals surface area contributed by atoms with Gasteiger partial charge in [-0.05, 0) is 44.5 Å². The third-order valence-electron chi connectivity index (χ3n) is 7.83. The number of fused-ring (bicyclic) bond motifs is 4. The first-order chi connectivity index (χ1) is 18.8. The summed E-state index contributed by atoms with van der Waals surface area (Å²) in [6.07, 6.45) is 2.07. The number of alkyl halides is 1. The molecule has 2 unspecified atom stereocenters. The number of carbonyl (C=O) groups excluding carboxylic acids is 2. The number of nitrogens with two attached hydrogens (primary N) is 1. The van der Waals surface area contributed by atoms with Gasteiger partial charge in [0.05, 0.1) is 17.3 Å². The summed E-state index contributed by atoms with van der Waals surface area (Å²) >= 11 is 7.05. The van der Waals surface area contributed by atoms with Crippen molar-refractivity contribution >= 4 is 35.1 Å². The predicted octanol–water partition coefficient (Wildman–Crippen LogP) is 1.62. The second-order valence-corrected chi connectivity index (χ2v) is 11.1. The number of benzene rings is 1. The van der Waals surface area contributed by atoms with Crippen LogP contribution in [0.1, 0.15) is 47.5 Å². The van der Waals surface area contributed by atoms with E-state index >= 15 is 0 Å². The Bertz CT molecular complexity index is 1310. The van der Waals surface area contributed by atoms with E-state index < -0.39 is 11.2 Å². The number of halogens is 2. The highest BCUT2D eigenvalue weighted by Crippen LogP contribution is 2.39. The molecule has 4 aliphatic heterocycles. The van der Waals surface area contributed by atoms with Crippen LogP contribution in [-0.4, -0.2) is 99.9 Å². The number of amidine groups is 1. The van der Waals surface area contributed by atoms with Crippen molar-refractivity contribution in [2.24, 2.45) is 10.7 Å². The molecule has 39 heavy (non-hydrogen) atoms. The van der Waals surface area contributed by atoms with Crippen LogP contribution in [0.4, 0.5) is 10.2 Å². The number of ether oxygens (including phenoxy) is 1. The molecule has 2 aromatic rings. The van der Waals surface area contributed by atoms with Gasteiger partial charge in [-0.15, -0.1) is 11.6 Å². The second-order valence-electron chi connectivity index (χ2n) is 10.6. The van der Waals surface area contributed by atoms with Gasteiger partial charge in [0.25, 0.3) is 11.8 Å². The molecule has 2 bridgehead atoms. The lowest BCUT2D eigenvalue weighted by atomic mass is 9.98. The Hall–Kier alpha value is -3.22. The maximum Gasteiger partial charge on any atom is 0.258 e. The zero-order valence-corrected chi connectivity index (χ0v) is 22.5. The Morgan fingerprint density at radius 3 is 2.79 bits per heavy atom. The fourth-order valence-electron chi connectivity index (χ4n) is 5.77. The van der Waals surface area contributed by atoms with Crippen molar-refractivity contribution in [1.29, 1.82) is 0 Å². The number of aliphatic imine (C=N–C) groups is 1. The lowest BCUT2D eigenvalue weighted by molar-refractivity contribution is -0.123. The summed E-state index contributed by atoms with van der Waals surface area (Å²) in [5.41, 5.74) is 6.84. The van der Waals surface area contributed by atoms with Gasteiger partial charge in [0, 0.05) is 44.8 Å². The number of piperidine rings is 1. The summed E-state index contributed by atoms with van der Waals surface area (Å²) < 4.78 is 21.8. The highest BCUT2D eigenvalue weighted by molar-refractivity contribution is 6.32. The van der Waals surface area contributed by atoms with Gasteiger partial charge in [0.2, 0.25) is 0 Å². The molecule has 3 N–H and O–H groups in total. The van der Waals surface area contributed by atoms with Gasteiger partial charge in [-0.3, -0.25) is 14.5 Å². The molecular weight excluding hydrogens is 527 g/mol. The first kappa shape index (κ1) is 26.0. The monoisotopic (exact) mass is 558 g/mol. The van der Waals surface area contributed by atoms with Gasteiger partial charge in [-0.25, -0.2) is 14.1 Å². The number of likely N-dealkylation sites (tertiary alicyclic amines) is 1. The fourth-order valence-corrected chi connectivity index (χ4v) is 6.25. The number of nitrogens with one attached hydrogen (secondary N) is 1. The van der Waals surface area contributed by atoms with E-state index in [9.17, 15) is 14.0 Å². The third-order valence-corrected chi connectivity index (χ3v) is 8.25. The van der Waals surface area contributed by atoms with Gasteiger partial charge in [-0.2, -0.15) is 5.10 Å². The molecule has 2 saturated heterocycles. The van der Waals surface area contributed by atoms with E-state index in [-0.39, 0.29) is 48.0 Å². The minimum Gasteiger partial charge on any atom is -0.483 e. The van der Waals surface area contributed by atoms with Gasteiger partial charge in [0.15, 0.2) is 12.4 Å². The van der Waals surface area contributed by atoms with Crippen molar-refractivity contribution in [2.45, 2.75) is 42.9 Å². The number of carbonyl (C=O) groups is 2. The van der Waals surface area contributed by atoms with Crippen LogP contribution in [0.5, 0.6) is 5.75 Å². The number of rotatable bonds is 0. The average molecular weight is 559 g/mol. The van der Waals surface area contributed by atoms with Gasteiger partial charge in [-0.1, -0.05) is 0 Å². The Labute approximate surface area is 230 Å². The summed E-state index contributed by atoms with van der Waals surface area (Å²) in [4.78, 5) is 37.1. The van der Waals surface area contributed by atoms with Gasteiger partial charge < -0.3 is 25.6 Å². The predicted molar refractivity (Wildman–Crippen MR) is 143 cm³/mol. The summed E-state index contributed by atoms with van der Waals surface area (Å²) in [7, 11) is 1.93. The van der Waals surface area contributed by atoms with E-state index in [0.29, 0.717) is 50.7 Å². The van der Waals surface area contributed by atoms with E-state index in [1.54, 1.807) is 4.90 Å². The van der Waals surface area contributed by atoms with Crippen molar-refractivity contribution in [3.05, 3.63) is 41.3 Å². The van der Waals surface area contributed by atoms with Crippen LogP contribution in [-0.2, 0) is 4.79 Å². The number of hydrogen-bond donors (Lipinski definition) is 2. The largest absolute Gasteiger partial charge is 0.483 e. The molecule has 5 heterocycles. The highest BCUT2D eigenvalue weighted by Gasteiger charge is 2.42. The number of nitrogens with zero attached hydrogens (tertiary/aromatic N) is 6. The Balaban J connectivity index is 1.43. The molecule has 2 amide bonds. The minimum atomic E-state index is -0.554. The molecule has 13 heteroatoms. The summed E-state index contributed by atoms with van der Waals surface area (Å²) in [5, 5.41) is 7.30. The van der Waals surface area contributed by atoms with Crippen molar-refractivity contribution in [3.8, 4) is 5.75 Å². The number of likely N-dealkylation sites (N-methyl/N-ethyl adjacent to an activating group) is 1. The van der Waals surface area contributed by atoms with Crippen LogP contribution in [0.3, 0.4) is 0 Å². The average Bonchev–Trinajstić information content (AvgIpc) is 3.32. The smallest absolute Gasteiger partial charge is 0.258 e. The molecule has 4 aliphatic rings. The van der Waals surface area contributed by atoms with Crippen LogP contribution in [0.2, 0.25) is 0 Å². The Kier molecular flexibility index (Phi) is 6.94. The summed E-state index contributed by atoms with van der Waals surface area (Å²) in [6, 6.07) is 5.45. The lowest BCUT2D eigenvalue weighted by Crippen LogP contribution is -2.61. The molecule has 11 nitrogen and oxygen atoms in total. The first-order valence-corrected chi connectivity index (χ1v) is 13.8. The van der Waals surface area contributed by atoms with Crippen LogP contribution >= 0.6 is 11.6 Å². The zero-order chi connectivity index (χ0) is 27.3. The van der Waals surface area contributed by atoms with Crippen molar-refractivity contribution in [3.63, 3.8) is 0 Å². The lowest BCUT2D eigenvalue weighted by Gasteiger charge is -2.44. The van der Waals surface area contributed by atoms with E-state index in [1.807, 2.05) is 22.7 Å². The SMILES string of the molecule is CN1CCNC(=O)COc2ccc(F)cc2C(=O)N2CCCC[C@H]2c2cc3n(n2)C1C(Cl)C(N1CC(N)C1)=N3. The molecule has 0 spiro atoms. The summed E-state index contributed by atoms with van der Waals surface area (Å²) in [5.74, 6) is 0.290. The second kappa shape index (κ2) is 10.4. The Morgan fingerprint density at radius 2 is 2.00 bits per heavy atom. The van der Waals surface area contributed by atoms with Crippen LogP contribution in [0, 0.1) is 5.82 Å². The third kappa shape index (κ3) is 4.85. The van der Waals surface area contributed by atoms with Crippen molar-refractivity contribution < 1.29 is 18.7 Å². The summed E-state index contributed by atoms with van der Waals surface area (Å²) in [6.45, 7) is 2.39.